The summed E-state index contributed by atoms with van der Waals surface area (Å²) >= 11 is 1.97. The van der Waals surface area contributed by atoms with Gasteiger partial charge in [0.25, 0.3) is 0 Å². The van der Waals surface area contributed by atoms with Crippen LogP contribution in [0.5, 0.6) is 0 Å². The SMILES string of the molecule is CCSCCC(C)Nc1nccc2occc12. The van der Waals surface area contributed by atoms with Crippen LogP contribution in [0.1, 0.15) is 20.3 Å². The molecule has 92 valence electrons. The van der Waals surface area contributed by atoms with E-state index in [4.69, 9.17) is 4.42 Å². The van der Waals surface area contributed by atoms with Crippen LogP contribution in [-0.2, 0) is 0 Å². The summed E-state index contributed by atoms with van der Waals surface area (Å²) in [5.41, 5.74) is 0.887. The Bertz CT molecular complexity index is 469. The van der Waals surface area contributed by atoms with Gasteiger partial charge in [-0.3, -0.25) is 0 Å². The molecule has 0 radical (unpaired) electrons. The average molecular weight is 250 g/mol. The molecule has 3 nitrogen and oxygen atoms in total. The predicted molar refractivity (Wildman–Crippen MR) is 74.7 cm³/mol. The Kier molecular flexibility index (Phi) is 4.31. The number of anilines is 1. The van der Waals surface area contributed by atoms with E-state index in [1.54, 1.807) is 12.5 Å². The van der Waals surface area contributed by atoms with E-state index in [2.05, 4.69) is 24.1 Å². The van der Waals surface area contributed by atoms with Gasteiger partial charge in [0.15, 0.2) is 0 Å². The molecule has 0 saturated heterocycles. The van der Waals surface area contributed by atoms with Crippen molar-refractivity contribution in [1.82, 2.24) is 4.98 Å². The fourth-order valence-corrected chi connectivity index (χ4v) is 2.53. The lowest BCUT2D eigenvalue weighted by Gasteiger charge is -2.14. The van der Waals surface area contributed by atoms with Crippen LogP contribution < -0.4 is 5.32 Å². The molecule has 2 heterocycles. The predicted octanol–water partition coefficient (Wildman–Crippen LogP) is 3.77. The van der Waals surface area contributed by atoms with Crippen LogP contribution in [0.25, 0.3) is 11.0 Å². The molecule has 1 N–H and O–H groups in total. The summed E-state index contributed by atoms with van der Waals surface area (Å²) in [6, 6.07) is 4.28. The second-order valence-corrected chi connectivity index (χ2v) is 5.42. The first-order chi connectivity index (χ1) is 8.31. The number of nitrogens with zero attached hydrogens (tertiary/aromatic N) is 1. The highest BCUT2D eigenvalue weighted by Gasteiger charge is 2.07. The van der Waals surface area contributed by atoms with Gasteiger partial charge >= 0.3 is 0 Å². The summed E-state index contributed by atoms with van der Waals surface area (Å²) in [4.78, 5) is 4.37. The maximum atomic E-state index is 5.35. The number of thioether (sulfide) groups is 1. The molecule has 0 bridgehead atoms. The van der Waals surface area contributed by atoms with Crippen LogP contribution in [0.4, 0.5) is 5.82 Å². The summed E-state index contributed by atoms with van der Waals surface area (Å²) in [5, 5.41) is 4.50. The van der Waals surface area contributed by atoms with Crippen molar-refractivity contribution in [2.24, 2.45) is 0 Å². The van der Waals surface area contributed by atoms with Crippen LogP contribution in [0.3, 0.4) is 0 Å². The Morgan fingerprint density at radius 3 is 3.18 bits per heavy atom. The largest absolute Gasteiger partial charge is 0.464 e. The van der Waals surface area contributed by atoms with Crippen molar-refractivity contribution in [3.8, 4) is 0 Å². The van der Waals surface area contributed by atoms with E-state index in [-0.39, 0.29) is 0 Å². The number of hydrogen-bond donors (Lipinski definition) is 1. The molecular weight excluding hydrogens is 232 g/mol. The maximum absolute atomic E-state index is 5.35. The van der Waals surface area contributed by atoms with E-state index < -0.39 is 0 Å². The van der Waals surface area contributed by atoms with E-state index >= 15 is 0 Å². The van der Waals surface area contributed by atoms with Gasteiger partial charge in [-0.15, -0.1) is 0 Å². The number of fused-ring (bicyclic) bond motifs is 1. The third kappa shape index (κ3) is 3.16. The second-order valence-electron chi connectivity index (χ2n) is 4.02. The van der Waals surface area contributed by atoms with Gasteiger partial charge in [-0.25, -0.2) is 4.98 Å². The highest BCUT2D eigenvalue weighted by Crippen LogP contribution is 2.22. The summed E-state index contributed by atoms with van der Waals surface area (Å²) in [7, 11) is 0. The Balaban J connectivity index is 2.00. The summed E-state index contributed by atoms with van der Waals surface area (Å²) in [6.45, 7) is 4.38. The molecule has 1 atom stereocenters. The third-order valence-electron chi connectivity index (χ3n) is 2.66. The molecule has 17 heavy (non-hydrogen) atoms. The second kappa shape index (κ2) is 5.96. The van der Waals surface area contributed by atoms with E-state index in [0.717, 1.165) is 23.2 Å². The molecule has 0 aliphatic carbocycles. The van der Waals surface area contributed by atoms with E-state index in [1.165, 1.54) is 11.5 Å². The number of hydrogen-bond acceptors (Lipinski definition) is 4. The molecule has 0 aliphatic heterocycles. The first-order valence-corrected chi connectivity index (χ1v) is 7.13. The minimum atomic E-state index is 0.432. The normalized spacial score (nSPS) is 12.8. The summed E-state index contributed by atoms with van der Waals surface area (Å²) < 4.78 is 5.35. The van der Waals surface area contributed by atoms with Gasteiger partial charge < -0.3 is 9.73 Å². The van der Waals surface area contributed by atoms with Crippen molar-refractivity contribution in [2.45, 2.75) is 26.3 Å². The lowest BCUT2D eigenvalue weighted by molar-refractivity contribution is 0.615. The summed E-state index contributed by atoms with van der Waals surface area (Å²) in [6.07, 6.45) is 4.63. The molecule has 0 fully saturated rings. The van der Waals surface area contributed by atoms with Gasteiger partial charge in [-0.2, -0.15) is 11.8 Å². The quantitative estimate of drug-likeness (QED) is 0.792. The zero-order chi connectivity index (χ0) is 12.1. The molecular formula is C13H18N2OS. The van der Waals surface area contributed by atoms with Crippen LogP contribution in [0.2, 0.25) is 0 Å². The van der Waals surface area contributed by atoms with E-state index in [1.807, 2.05) is 23.9 Å². The van der Waals surface area contributed by atoms with Gasteiger partial charge in [0.1, 0.15) is 11.4 Å². The monoisotopic (exact) mass is 250 g/mol. The molecule has 0 spiro atoms. The van der Waals surface area contributed by atoms with Crippen molar-refractivity contribution in [3.05, 3.63) is 24.6 Å². The number of aromatic nitrogens is 1. The number of pyridine rings is 1. The van der Waals surface area contributed by atoms with E-state index in [0.29, 0.717) is 6.04 Å². The fraction of sp³-hybridized carbons (Fsp3) is 0.462. The Labute approximate surface area is 106 Å². The average Bonchev–Trinajstić information content (AvgIpc) is 2.78. The van der Waals surface area contributed by atoms with Gasteiger partial charge in [0.2, 0.25) is 0 Å². The minimum Gasteiger partial charge on any atom is -0.464 e. The zero-order valence-electron chi connectivity index (χ0n) is 10.3. The Morgan fingerprint density at radius 1 is 1.47 bits per heavy atom. The standard InChI is InChI=1S/C13H18N2OS/c1-3-17-9-6-10(2)15-13-11-5-8-16-12(11)4-7-14-13/h4-5,7-8,10H,3,6,9H2,1-2H3,(H,14,15). The van der Waals surface area contributed by atoms with Crippen molar-refractivity contribution in [1.29, 1.82) is 0 Å². The molecule has 0 amide bonds. The van der Waals surface area contributed by atoms with Gasteiger partial charge in [-0.05, 0) is 37.0 Å². The van der Waals surface area contributed by atoms with Gasteiger partial charge in [0.05, 0.1) is 11.6 Å². The van der Waals surface area contributed by atoms with Crippen LogP contribution in [0, 0.1) is 0 Å². The molecule has 4 heteroatoms. The molecule has 0 saturated carbocycles. The Hall–Kier alpha value is -1.16. The van der Waals surface area contributed by atoms with Gasteiger partial charge in [-0.1, -0.05) is 6.92 Å². The number of furan rings is 1. The van der Waals surface area contributed by atoms with Gasteiger partial charge in [0, 0.05) is 12.2 Å². The lowest BCUT2D eigenvalue weighted by atomic mass is 10.2. The third-order valence-corrected chi connectivity index (χ3v) is 3.59. The van der Waals surface area contributed by atoms with Crippen LogP contribution in [-0.4, -0.2) is 22.5 Å². The molecule has 0 aromatic carbocycles. The molecule has 1 unspecified atom stereocenters. The molecule has 0 aliphatic rings. The first-order valence-electron chi connectivity index (χ1n) is 5.97. The zero-order valence-corrected chi connectivity index (χ0v) is 11.1. The van der Waals surface area contributed by atoms with Crippen molar-refractivity contribution in [2.75, 3.05) is 16.8 Å². The minimum absolute atomic E-state index is 0.432. The fourth-order valence-electron chi connectivity index (χ4n) is 1.72. The Morgan fingerprint density at radius 2 is 2.35 bits per heavy atom. The number of rotatable bonds is 6. The van der Waals surface area contributed by atoms with Crippen molar-refractivity contribution >= 4 is 28.5 Å². The topological polar surface area (TPSA) is 38.1 Å². The molecule has 2 aromatic rings. The van der Waals surface area contributed by atoms with Crippen molar-refractivity contribution in [3.63, 3.8) is 0 Å². The van der Waals surface area contributed by atoms with Crippen LogP contribution >= 0.6 is 11.8 Å². The van der Waals surface area contributed by atoms with Crippen molar-refractivity contribution < 1.29 is 4.42 Å². The highest BCUT2D eigenvalue weighted by molar-refractivity contribution is 7.99. The molecule has 2 aromatic heterocycles. The molecule has 2 rings (SSSR count). The van der Waals surface area contributed by atoms with E-state index in [9.17, 15) is 0 Å². The smallest absolute Gasteiger partial charge is 0.139 e. The summed E-state index contributed by atoms with van der Waals surface area (Å²) in [5.74, 6) is 3.29. The number of nitrogens with one attached hydrogen (secondary N) is 1. The van der Waals surface area contributed by atoms with Crippen LogP contribution in [0.15, 0.2) is 29.0 Å². The maximum Gasteiger partial charge on any atom is 0.139 e. The first kappa shape index (κ1) is 12.3. The highest BCUT2D eigenvalue weighted by atomic mass is 32.2. The lowest BCUT2D eigenvalue weighted by Crippen LogP contribution is -2.16.